The van der Waals surface area contributed by atoms with Gasteiger partial charge in [-0.05, 0) is 0 Å². The molecule has 0 amide bonds. The van der Waals surface area contributed by atoms with E-state index in [1.165, 1.54) is 12.8 Å². The Morgan fingerprint density at radius 2 is 1.11 bits per heavy atom. The van der Waals surface area contributed by atoms with E-state index in [1.807, 2.05) is 0 Å². The maximum Gasteiger partial charge on any atom is 0.385 e. The Morgan fingerprint density at radius 3 is 1.21 bits per heavy atom. The maximum absolute atomic E-state index is 10.9. The molecule has 0 saturated carbocycles. The van der Waals surface area contributed by atoms with Crippen molar-refractivity contribution in [3.8, 4) is 0 Å². The first-order valence-electron chi connectivity index (χ1n) is 5.85. The Morgan fingerprint density at radius 1 is 0.842 bits per heavy atom. The average molecular weight is 490 g/mol. The van der Waals surface area contributed by atoms with E-state index >= 15 is 0 Å². The summed E-state index contributed by atoms with van der Waals surface area (Å²) >= 11 is -0.0849. The monoisotopic (exact) mass is 490 g/mol. The Bertz CT molecular complexity index is 206. The van der Waals surface area contributed by atoms with Crippen LogP contribution in [-0.2, 0) is 0 Å². The van der Waals surface area contributed by atoms with Gasteiger partial charge in [0.2, 0.25) is 0 Å². The van der Waals surface area contributed by atoms with Crippen LogP contribution in [0.4, 0.5) is 26.3 Å². The molecule has 0 aliphatic heterocycles. The van der Waals surface area contributed by atoms with Gasteiger partial charge in [0.15, 0.2) is 0 Å². The number of hydrogen-bond acceptors (Lipinski definition) is 1. The van der Waals surface area contributed by atoms with E-state index in [1.54, 1.807) is 0 Å². The second-order valence-electron chi connectivity index (χ2n) is 4.13. The molecule has 0 aliphatic carbocycles. The second kappa shape index (κ2) is 9.38. The minimum atomic E-state index is -5.74. The summed E-state index contributed by atoms with van der Waals surface area (Å²) < 4.78 is 67.7. The molecular weight excluding hydrogens is 471 g/mol. The van der Waals surface area contributed by atoms with E-state index in [2.05, 4.69) is 27.7 Å². The largest absolute Gasteiger partial charge is 0.839 e. The van der Waals surface area contributed by atoms with E-state index in [9.17, 15) is 31.4 Å². The van der Waals surface area contributed by atoms with Gasteiger partial charge in [0, 0.05) is 0 Å². The van der Waals surface area contributed by atoms with Crippen molar-refractivity contribution in [3.63, 3.8) is 0 Å². The summed E-state index contributed by atoms with van der Waals surface area (Å²) in [5, 5.41) is 9.32. The van der Waals surface area contributed by atoms with Gasteiger partial charge in [-0.3, -0.25) is 0 Å². The van der Waals surface area contributed by atoms with Gasteiger partial charge in [0.25, 0.3) is 0 Å². The first kappa shape index (κ1) is 21.7. The molecule has 1 nitrogen and oxygen atoms in total. The Labute approximate surface area is 121 Å². The maximum atomic E-state index is 10.9. The number of rotatable bonds is 4. The fourth-order valence-corrected chi connectivity index (χ4v) is 5.85. The number of alkyl halides is 6. The van der Waals surface area contributed by atoms with E-state index in [0.29, 0.717) is 0 Å². The summed E-state index contributed by atoms with van der Waals surface area (Å²) in [6.45, 7) is 9.47. The normalized spacial score (nSPS) is 15.8. The van der Waals surface area contributed by atoms with Crippen LogP contribution < -0.4 is 5.11 Å². The molecule has 0 spiro atoms. The van der Waals surface area contributed by atoms with E-state index in [4.69, 9.17) is 0 Å². The van der Waals surface area contributed by atoms with E-state index in [0.717, 1.165) is 7.25 Å². The summed E-state index contributed by atoms with van der Waals surface area (Å²) in [6.07, 6.45) is -13.1. The third-order valence-electron chi connectivity index (χ3n) is 2.29. The third kappa shape index (κ3) is 11.9. The van der Waals surface area contributed by atoms with Crippen LogP contribution in [0, 0.1) is 0 Å². The Balaban J connectivity index is 0. The van der Waals surface area contributed by atoms with Crippen LogP contribution in [-0.4, -0.2) is 41.7 Å². The first-order chi connectivity index (χ1) is 8.36. The molecule has 0 aromatic heterocycles. The molecule has 0 N–H and O–H groups in total. The standard InChI is InChI=1S/2C4H9.C3HF6O.Bi/c2*1-3-4-2;4-2(5,6)1(10)3(7,8)9;/h2*3H,4H2,1-2H3;1H;/q;;-1;+1. The molecule has 2 atom stereocenters. The fraction of sp³-hybridized carbons (Fsp3) is 1.00. The van der Waals surface area contributed by atoms with Crippen molar-refractivity contribution in [2.45, 2.75) is 66.2 Å². The summed E-state index contributed by atoms with van der Waals surface area (Å²) in [6, 6.07) is 0. The summed E-state index contributed by atoms with van der Waals surface area (Å²) in [5.41, 5.74) is 0. The van der Waals surface area contributed by atoms with Crippen molar-refractivity contribution in [1.29, 1.82) is 0 Å². The minimum Gasteiger partial charge on any atom is -0.839 e. The number of hydrogen-bond donors (Lipinski definition) is 0. The van der Waals surface area contributed by atoms with Crippen LogP contribution in [0.5, 0.6) is 0 Å². The molecule has 2 radical (unpaired) electrons. The molecule has 8 heteroatoms. The molecule has 0 heterocycles. The molecule has 0 aromatic rings. The van der Waals surface area contributed by atoms with Gasteiger partial charge in [-0.15, -0.1) is 0 Å². The van der Waals surface area contributed by atoms with Crippen molar-refractivity contribution < 1.29 is 31.4 Å². The van der Waals surface area contributed by atoms with Gasteiger partial charge < -0.3 is 5.11 Å². The zero-order valence-electron chi connectivity index (χ0n) is 11.3. The second-order valence-corrected chi connectivity index (χ2v) is 12.1. The fourth-order valence-electron chi connectivity index (χ4n) is 0.831. The zero-order chi connectivity index (χ0) is 15.9. The van der Waals surface area contributed by atoms with Crippen molar-refractivity contribution in [3.05, 3.63) is 0 Å². The van der Waals surface area contributed by atoms with Gasteiger partial charge in [-0.2, -0.15) is 26.3 Å². The van der Waals surface area contributed by atoms with Crippen LogP contribution in [0.1, 0.15) is 40.5 Å². The van der Waals surface area contributed by atoms with Crippen LogP contribution in [0.2, 0.25) is 7.25 Å². The smallest absolute Gasteiger partial charge is 0.385 e. The predicted octanol–water partition coefficient (Wildman–Crippen LogP) is 3.97. The van der Waals surface area contributed by atoms with Gasteiger partial charge in [0.1, 0.15) is 0 Å². The first-order valence-corrected chi connectivity index (χ1v) is 9.86. The predicted molar refractivity (Wildman–Crippen MR) is 61.1 cm³/mol. The van der Waals surface area contributed by atoms with Crippen LogP contribution in [0.15, 0.2) is 0 Å². The van der Waals surface area contributed by atoms with Gasteiger partial charge in [-0.1, -0.05) is 0 Å². The molecule has 0 aliphatic rings. The van der Waals surface area contributed by atoms with Crippen LogP contribution >= 0.6 is 0 Å². The molecule has 0 rings (SSSR count). The molecule has 116 valence electrons. The van der Waals surface area contributed by atoms with Crippen molar-refractivity contribution in [2.24, 2.45) is 0 Å². The quantitative estimate of drug-likeness (QED) is 0.433. The van der Waals surface area contributed by atoms with Crippen molar-refractivity contribution >= 4 is 23.2 Å². The summed E-state index contributed by atoms with van der Waals surface area (Å²) in [5.74, 6) is 0. The molecular formula is C11H19BiF6O. The van der Waals surface area contributed by atoms with Gasteiger partial charge in [0.05, 0.1) is 6.10 Å². The van der Waals surface area contributed by atoms with E-state index in [-0.39, 0.29) is 23.2 Å². The van der Waals surface area contributed by atoms with Gasteiger partial charge >= 0.3 is 83.4 Å². The summed E-state index contributed by atoms with van der Waals surface area (Å²) in [7, 11) is 0. The molecule has 0 aromatic carbocycles. The SMILES string of the molecule is CC[CH](C)[Bi+][CH](C)CC.[O-]C(C(F)(F)F)C(F)(F)F. The Hall–Kier alpha value is 0.423. The number of halogens is 6. The zero-order valence-corrected chi connectivity index (χ0v) is 14.7. The third-order valence-corrected chi connectivity index (χ3v) is 9.08. The van der Waals surface area contributed by atoms with Crippen molar-refractivity contribution in [2.75, 3.05) is 0 Å². The van der Waals surface area contributed by atoms with Gasteiger partial charge in [-0.25, -0.2) is 0 Å². The molecule has 0 bridgehead atoms. The van der Waals surface area contributed by atoms with Crippen molar-refractivity contribution in [1.82, 2.24) is 0 Å². The average Bonchev–Trinajstić information content (AvgIpc) is 2.26. The molecule has 19 heavy (non-hydrogen) atoms. The minimum absolute atomic E-state index is 0.0849. The molecule has 0 fully saturated rings. The topological polar surface area (TPSA) is 23.1 Å². The summed E-state index contributed by atoms with van der Waals surface area (Å²) in [4.78, 5) is 0. The van der Waals surface area contributed by atoms with Crippen LogP contribution in [0.3, 0.4) is 0 Å². The molecule has 2 unspecified atom stereocenters. The molecule has 0 saturated heterocycles. The Kier molecular flexibility index (Phi) is 10.7. The van der Waals surface area contributed by atoms with E-state index < -0.39 is 18.5 Å². The van der Waals surface area contributed by atoms with Crippen LogP contribution in [0.25, 0.3) is 0 Å².